The molecule has 0 aliphatic rings. The van der Waals surface area contributed by atoms with E-state index in [-0.39, 0.29) is 18.7 Å². The summed E-state index contributed by atoms with van der Waals surface area (Å²) in [6.07, 6.45) is 3.44. The normalized spacial score (nSPS) is 11.1. The average Bonchev–Trinajstić information content (AvgIpc) is 3.04. The van der Waals surface area contributed by atoms with Crippen molar-refractivity contribution in [1.82, 2.24) is 19.4 Å². The minimum absolute atomic E-state index is 0.142. The van der Waals surface area contributed by atoms with Crippen LogP contribution in [0.2, 0.25) is 0 Å². The SMILES string of the molecule is O=c1c(-c2c(-c3ccccc3)nn3ccccc23)ccnn1CCO. The Labute approximate surface area is 143 Å². The van der Waals surface area contributed by atoms with E-state index in [2.05, 4.69) is 10.2 Å². The van der Waals surface area contributed by atoms with E-state index in [1.54, 1.807) is 16.8 Å². The minimum atomic E-state index is -0.243. The molecule has 3 aromatic heterocycles. The van der Waals surface area contributed by atoms with E-state index in [4.69, 9.17) is 5.11 Å². The quantitative estimate of drug-likeness (QED) is 0.622. The second-order valence-electron chi connectivity index (χ2n) is 5.62. The fourth-order valence-corrected chi connectivity index (χ4v) is 2.96. The maximum absolute atomic E-state index is 12.8. The number of aliphatic hydroxyl groups is 1. The van der Waals surface area contributed by atoms with Gasteiger partial charge in [-0.25, -0.2) is 9.20 Å². The maximum Gasteiger partial charge on any atom is 0.274 e. The minimum Gasteiger partial charge on any atom is -0.394 e. The van der Waals surface area contributed by atoms with Gasteiger partial charge < -0.3 is 5.11 Å². The van der Waals surface area contributed by atoms with Gasteiger partial charge in [0.2, 0.25) is 0 Å². The van der Waals surface area contributed by atoms with Gasteiger partial charge >= 0.3 is 0 Å². The van der Waals surface area contributed by atoms with Crippen LogP contribution < -0.4 is 5.56 Å². The first-order chi connectivity index (χ1) is 12.3. The van der Waals surface area contributed by atoms with Crippen LogP contribution in [0.25, 0.3) is 27.9 Å². The van der Waals surface area contributed by atoms with E-state index in [1.807, 2.05) is 54.7 Å². The van der Waals surface area contributed by atoms with Crippen LogP contribution in [-0.2, 0) is 6.54 Å². The van der Waals surface area contributed by atoms with Crippen molar-refractivity contribution < 1.29 is 5.11 Å². The lowest BCUT2D eigenvalue weighted by atomic mass is 10.0. The Balaban J connectivity index is 2.05. The number of pyridine rings is 1. The molecule has 0 saturated heterocycles. The van der Waals surface area contributed by atoms with Crippen LogP contribution in [0.3, 0.4) is 0 Å². The van der Waals surface area contributed by atoms with Gasteiger partial charge in [0.1, 0.15) is 5.69 Å². The maximum atomic E-state index is 12.8. The van der Waals surface area contributed by atoms with Crippen molar-refractivity contribution in [2.24, 2.45) is 0 Å². The van der Waals surface area contributed by atoms with Gasteiger partial charge in [0.05, 0.1) is 24.2 Å². The highest BCUT2D eigenvalue weighted by Gasteiger charge is 2.19. The van der Waals surface area contributed by atoms with Crippen molar-refractivity contribution in [3.63, 3.8) is 0 Å². The molecule has 3 heterocycles. The molecule has 0 spiro atoms. The molecular formula is C19H16N4O2. The number of hydrogen-bond donors (Lipinski definition) is 1. The number of aliphatic hydroxyl groups excluding tert-OH is 1. The molecule has 0 saturated carbocycles. The number of benzene rings is 1. The summed E-state index contributed by atoms with van der Waals surface area (Å²) in [6, 6.07) is 17.2. The topological polar surface area (TPSA) is 72.4 Å². The Morgan fingerprint density at radius 1 is 1.00 bits per heavy atom. The molecule has 0 aliphatic heterocycles. The van der Waals surface area contributed by atoms with Gasteiger partial charge in [-0.1, -0.05) is 36.4 Å². The van der Waals surface area contributed by atoms with Gasteiger partial charge in [-0.05, 0) is 18.2 Å². The third-order valence-corrected chi connectivity index (χ3v) is 4.08. The predicted molar refractivity (Wildman–Crippen MR) is 95.2 cm³/mol. The van der Waals surface area contributed by atoms with Gasteiger partial charge in [-0.3, -0.25) is 4.79 Å². The second-order valence-corrected chi connectivity index (χ2v) is 5.62. The van der Waals surface area contributed by atoms with Crippen LogP contribution in [0.15, 0.2) is 71.8 Å². The molecule has 4 aromatic rings. The van der Waals surface area contributed by atoms with Crippen LogP contribution in [-0.4, -0.2) is 31.1 Å². The van der Waals surface area contributed by atoms with E-state index in [9.17, 15) is 4.79 Å². The Kier molecular flexibility index (Phi) is 3.87. The van der Waals surface area contributed by atoms with Crippen LogP contribution in [0, 0.1) is 0 Å². The van der Waals surface area contributed by atoms with Gasteiger partial charge in [-0.15, -0.1) is 0 Å². The monoisotopic (exact) mass is 332 g/mol. The average molecular weight is 332 g/mol. The number of fused-ring (bicyclic) bond motifs is 1. The molecule has 1 aromatic carbocycles. The number of rotatable bonds is 4. The van der Waals surface area contributed by atoms with Crippen molar-refractivity contribution in [3.05, 3.63) is 77.3 Å². The Bertz CT molecular complexity index is 1080. The molecule has 1 N–H and O–H groups in total. The molecule has 0 amide bonds. The number of nitrogens with zero attached hydrogens (tertiary/aromatic N) is 4. The molecule has 124 valence electrons. The van der Waals surface area contributed by atoms with Crippen LogP contribution in [0.4, 0.5) is 0 Å². The van der Waals surface area contributed by atoms with Crippen molar-refractivity contribution in [1.29, 1.82) is 0 Å². The Morgan fingerprint density at radius 2 is 1.80 bits per heavy atom. The number of hydrogen-bond acceptors (Lipinski definition) is 4. The lowest BCUT2D eigenvalue weighted by molar-refractivity contribution is 0.266. The summed E-state index contributed by atoms with van der Waals surface area (Å²) in [6.45, 7) is 0.0171. The van der Waals surface area contributed by atoms with Gasteiger partial charge in [-0.2, -0.15) is 10.2 Å². The highest BCUT2D eigenvalue weighted by Crippen LogP contribution is 2.33. The Morgan fingerprint density at radius 3 is 2.60 bits per heavy atom. The smallest absolute Gasteiger partial charge is 0.274 e. The second kappa shape index (κ2) is 6.33. The summed E-state index contributed by atoms with van der Waals surface area (Å²) in [5.74, 6) is 0. The van der Waals surface area contributed by atoms with E-state index in [0.717, 1.165) is 22.3 Å². The predicted octanol–water partition coefficient (Wildman–Crippen LogP) is 2.22. The van der Waals surface area contributed by atoms with Crippen LogP contribution >= 0.6 is 0 Å². The van der Waals surface area contributed by atoms with Crippen LogP contribution in [0.1, 0.15) is 0 Å². The molecular weight excluding hydrogens is 316 g/mol. The summed E-state index contributed by atoms with van der Waals surface area (Å²) in [7, 11) is 0. The summed E-state index contributed by atoms with van der Waals surface area (Å²) in [5, 5.41) is 17.9. The summed E-state index contributed by atoms with van der Waals surface area (Å²) < 4.78 is 3.05. The van der Waals surface area contributed by atoms with Crippen molar-refractivity contribution in [2.75, 3.05) is 6.61 Å². The van der Waals surface area contributed by atoms with Crippen molar-refractivity contribution in [2.45, 2.75) is 6.54 Å². The molecule has 6 heteroatoms. The summed E-state index contributed by atoms with van der Waals surface area (Å²) >= 11 is 0. The van der Waals surface area contributed by atoms with Gasteiger partial charge in [0.15, 0.2) is 0 Å². The van der Waals surface area contributed by atoms with Crippen molar-refractivity contribution in [3.8, 4) is 22.4 Å². The van der Waals surface area contributed by atoms with E-state index in [0.29, 0.717) is 5.56 Å². The molecule has 25 heavy (non-hydrogen) atoms. The van der Waals surface area contributed by atoms with E-state index < -0.39 is 0 Å². The fraction of sp³-hybridized carbons (Fsp3) is 0.105. The molecule has 0 bridgehead atoms. The molecule has 0 aliphatic carbocycles. The zero-order valence-corrected chi connectivity index (χ0v) is 13.4. The third kappa shape index (κ3) is 2.62. The largest absolute Gasteiger partial charge is 0.394 e. The van der Waals surface area contributed by atoms with E-state index in [1.165, 1.54) is 4.68 Å². The molecule has 0 unspecified atom stereocenters. The summed E-state index contributed by atoms with van der Waals surface area (Å²) in [5.41, 5.74) is 3.57. The lowest BCUT2D eigenvalue weighted by Gasteiger charge is -2.06. The highest BCUT2D eigenvalue weighted by atomic mass is 16.3. The standard InChI is InChI=1S/C19H16N4O2/c24-13-12-23-19(25)15(9-10-20-23)17-16-8-4-5-11-22(16)21-18(17)14-6-2-1-3-7-14/h1-11,24H,12-13H2. The first-order valence-corrected chi connectivity index (χ1v) is 8.00. The summed E-state index contributed by atoms with van der Waals surface area (Å²) in [4.78, 5) is 12.8. The molecule has 6 nitrogen and oxygen atoms in total. The molecule has 0 fully saturated rings. The fourth-order valence-electron chi connectivity index (χ4n) is 2.96. The molecule has 0 atom stereocenters. The highest BCUT2D eigenvalue weighted by molar-refractivity contribution is 5.91. The van der Waals surface area contributed by atoms with Crippen LogP contribution in [0.5, 0.6) is 0 Å². The molecule has 4 rings (SSSR count). The van der Waals surface area contributed by atoms with Gasteiger partial charge in [0.25, 0.3) is 5.56 Å². The number of aromatic nitrogens is 4. The first kappa shape index (κ1) is 15.3. The van der Waals surface area contributed by atoms with Crippen molar-refractivity contribution >= 4 is 5.52 Å². The zero-order chi connectivity index (χ0) is 17.2. The third-order valence-electron chi connectivity index (χ3n) is 4.08. The van der Waals surface area contributed by atoms with Gasteiger partial charge in [0, 0.05) is 23.5 Å². The first-order valence-electron chi connectivity index (χ1n) is 8.00. The Hall–Kier alpha value is -3.25. The van der Waals surface area contributed by atoms with E-state index >= 15 is 0 Å². The lowest BCUT2D eigenvalue weighted by Crippen LogP contribution is -2.25. The zero-order valence-electron chi connectivity index (χ0n) is 13.4. The molecule has 0 radical (unpaired) electrons.